The molecule has 1 spiro atoms. The number of rotatable bonds is 3. The van der Waals surface area contributed by atoms with Crippen molar-refractivity contribution in [2.75, 3.05) is 13.1 Å². The lowest BCUT2D eigenvalue weighted by molar-refractivity contribution is -0.141. The van der Waals surface area contributed by atoms with Gasteiger partial charge in [-0.3, -0.25) is 14.5 Å². The molecule has 1 saturated carbocycles. The lowest BCUT2D eigenvalue weighted by atomic mass is 9.73. The number of urea groups is 1. The van der Waals surface area contributed by atoms with Crippen molar-refractivity contribution in [1.82, 2.24) is 15.1 Å². The van der Waals surface area contributed by atoms with Crippen molar-refractivity contribution in [1.29, 1.82) is 0 Å². The molecule has 3 aliphatic rings. The van der Waals surface area contributed by atoms with Crippen molar-refractivity contribution in [2.24, 2.45) is 5.92 Å². The van der Waals surface area contributed by atoms with Gasteiger partial charge in [0.05, 0.1) is 6.04 Å². The van der Waals surface area contributed by atoms with Gasteiger partial charge in [0.1, 0.15) is 17.9 Å². The van der Waals surface area contributed by atoms with Gasteiger partial charge >= 0.3 is 6.03 Å². The Labute approximate surface area is 164 Å². The number of likely N-dealkylation sites (tertiary alicyclic amines) is 1. The van der Waals surface area contributed by atoms with E-state index < -0.39 is 11.6 Å². The van der Waals surface area contributed by atoms with Crippen LogP contribution in [0.25, 0.3) is 0 Å². The van der Waals surface area contributed by atoms with Gasteiger partial charge in [-0.2, -0.15) is 0 Å². The van der Waals surface area contributed by atoms with Gasteiger partial charge in [0.25, 0.3) is 5.91 Å². The van der Waals surface area contributed by atoms with Crippen molar-refractivity contribution in [2.45, 2.75) is 57.0 Å². The zero-order valence-electron chi connectivity index (χ0n) is 16.1. The summed E-state index contributed by atoms with van der Waals surface area (Å²) in [5.41, 5.74) is 0.0265. The fraction of sp³-hybridized carbons (Fsp3) is 0.571. The Morgan fingerprint density at radius 2 is 1.93 bits per heavy atom. The number of hydrogen-bond acceptors (Lipinski definition) is 3. The Bertz CT molecular complexity index is 797. The van der Waals surface area contributed by atoms with Crippen molar-refractivity contribution >= 4 is 17.8 Å². The molecular weight excluding hydrogens is 361 g/mol. The molecular formula is C21H26FN3O3. The Balaban J connectivity index is 1.49. The van der Waals surface area contributed by atoms with E-state index in [2.05, 4.69) is 5.32 Å². The van der Waals surface area contributed by atoms with E-state index in [1.54, 1.807) is 17.0 Å². The second-order valence-electron chi connectivity index (χ2n) is 8.24. The van der Waals surface area contributed by atoms with E-state index in [0.29, 0.717) is 13.0 Å². The minimum atomic E-state index is -0.850. The summed E-state index contributed by atoms with van der Waals surface area (Å²) in [6.45, 7) is 2.33. The summed E-state index contributed by atoms with van der Waals surface area (Å²) in [5.74, 6) is -0.756. The first-order valence-electron chi connectivity index (χ1n) is 10.1. The number of imide groups is 1. The monoisotopic (exact) mass is 387 g/mol. The number of carbonyl (C=O) groups excluding carboxylic acids is 3. The normalized spacial score (nSPS) is 30.2. The molecule has 0 radical (unpaired) electrons. The third kappa shape index (κ3) is 3.06. The molecule has 0 aromatic heterocycles. The van der Waals surface area contributed by atoms with E-state index in [-0.39, 0.29) is 36.1 Å². The first kappa shape index (κ1) is 18.9. The summed E-state index contributed by atoms with van der Waals surface area (Å²) in [4.78, 5) is 41.4. The quantitative estimate of drug-likeness (QED) is 0.811. The third-order valence-electron chi connectivity index (χ3n) is 6.62. The molecule has 0 bridgehead atoms. The summed E-state index contributed by atoms with van der Waals surface area (Å²) in [6, 6.07) is 5.56. The number of halogens is 1. The molecule has 2 aliphatic heterocycles. The molecule has 28 heavy (non-hydrogen) atoms. The zero-order chi connectivity index (χ0) is 19.9. The Morgan fingerprint density at radius 1 is 1.18 bits per heavy atom. The van der Waals surface area contributed by atoms with Gasteiger partial charge in [0, 0.05) is 6.54 Å². The van der Waals surface area contributed by atoms with Crippen LogP contribution in [0, 0.1) is 11.7 Å². The van der Waals surface area contributed by atoms with Crippen molar-refractivity contribution in [3.8, 4) is 0 Å². The van der Waals surface area contributed by atoms with E-state index >= 15 is 0 Å². The van der Waals surface area contributed by atoms with Crippen LogP contribution >= 0.6 is 0 Å². The summed E-state index contributed by atoms with van der Waals surface area (Å²) in [6.07, 6.45) is 5.11. The maximum Gasteiger partial charge on any atom is 0.325 e. The number of amides is 4. The Morgan fingerprint density at radius 3 is 2.64 bits per heavy atom. The predicted molar refractivity (Wildman–Crippen MR) is 101 cm³/mol. The van der Waals surface area contributed by atoms with E-state index in [1.165, 1.54) is 12.1 Å². The van der Waals surface area contributed by atoms with Crippen LogP contribution in [-0.2, 0) is 9.59 Å². The summed E-state index contributed by atoms with van der Waals surface area (Å²) in [5, 5.41) is 2.89. The second-order valence-corrected chi connectivity index (χ2v) is 8.24. The molecule has 1 N–H and O–H groups in total. The predicted octanol–water partition coefficient (Wildman–Crippen LogP) is 2.99. The Kier molecular flexibility index (Phi) is 4.85. The van der Waals surface area contributed by atoms with Crippen LogP contribution in [0.2, 0.25) is 0 Å². The fourth-order valence-electron chi connectivity index (χ4n) is 4.96. The topological polar surface area (TPSA) is 69.7 Å². The van der Waals surface area contributed by atoms with Crippen LogP contribution in [0.5, 0.6) is 0 Å². The van der Waals surface area contributed by atoms with Crippen LogP contribution in [0.4, 0.5) is 9.18 Å². The molecule has 3 fully saturated rings. The number of benzene rings is 1. The molecule has 6 nitrogen and oxygen atoms in total. The summed E-state index contributed by atoms with van der Waals surface area (Å²) in [7, 11) is 0. The first-order valence-corrected chi connectivity index (χ1v) is 10.1. The van der Waals surface area contributed by atoms with Gasteiger partial charge in [0.15, 0.2) is 0 Å². The molecule has 2 heterocycles. The van der Waals surface area contributed by atoms with Crippen LogP contribution < -0.4 is 5.32 Å². The van der Waals surface area contributed by atoms with E-state index in [0.717, 1.165) is 42.6 Å². The number of nitrogens with zero attached hydrogens (tertiary/aromatic N) is 2. The largest absolute Gasteiger partial charge is 0.334 e. The van der Waals surface area contributed by atoms with E-state index in [1.807, 2.05) is 6.92 Å². The number of carbonyl (C=O) groups is 3. The number of nitrogens with one attached hydrogen (secondary N) is 1. The minimum Gasteiger partial charge on any atom is -0.334 e. The highest BCUT2D eigenvalue weighted by Crippen LogP contribution is 2.38. The molecule has 1 aromatic rings. The first-order chi connectivity index (χ1) is 13.4. The van der Waals surface area contributed by atoms with Gasteiger partial charge in [0.2, 0.25) is 5.91 Å². The molecule has 4 amide bonds. The maximum absolute atomic E-state index is 13.2. The van der Waals surface area contributed by atoms with Gasteiger partial charge in [-0.05, 0) is 49.3 Å². The van der Waals surface area contributed by atoms with Crippen molar-refractivity contribution in [3.63, 3.8) is 0 Å². The Hall–Kier alpha value is -2.44. The molecule has 2 saturated heterocycles. The van der Waals surface area contributed by atoms with Gasteiger partial charge in [-0.1, -0.05) is 31.9 Å². The zero-order valence-corrected chi connectivity index (χ0v) is 16.1. The highest BCUT2D eigenvalue weighted by atomic mass is 19.1. The van der Waals surface area contributed by atoms with E-state index in [9.17, 15) is 18.8 Å². The molecule has 4 rings (SSSR count). The highest BCUT2D eigenvalue weighted by Gasteiger charge is 2.55. The molecule has 3 atom stereocenters. The van der Waals surface area contributed by atoms with Crippen LogP contribution in [0.1, 0.15) is 57.1 Å². The smallest absolute Gasteiger partial charge is 0.325 e. The van der Waals surface area contributed by atoms with Gasteiger partial charge < -0.3 is 10.2 Å². The van der Waals surface area contributed by atoms with Crippen LogP contribution in [-0.4, -0.2) is 46.3 Å². The molecule has 150 valence electrons. The molecule has 7 heteroatoms. The van der Waals surface area contributed by atoms with Crippen LogP contribution in [0.3, 0.4) is 0 Å². The SMILES string of the molecule is CC1CCCCC12NC(=O)N(CC(=O)N1CCCC1c1ccc(F)cc1)C2=O. The molecule has 1 aromatic carbocycles. The molecule has 1 aliphatic carbocycles. The second kappa shape index (κ2) is 7.18. The van der Waals surface area contributed by atoms with Crippen molar-refractivity contribution < 1.29 is 18.8 Å². The van der Waals surface area contributed by atoms with Crippen molar-refractivity contribution in [3.05, 3.63) is 35.6 Å². The summed E-state index contributed by atoms with van der Waals surface area (Å²) < 4.78 is 13.2. The third-order valence-corrected chi connectivity index (χ3v) is 6.62. The lowest BCUT2D eigenvalue weighted by Crippen LogP contribution is -2.54. The average Bonchev–Trinajstić information content (AvgIpc) is 3.25. The standard InChI is InChI=1S/C21H26FN3O3/c1-14-5-2-3-11-21(14)19(27)25(20(28)23-21)13-18(26)24-12-4-6-17(24)15-7-9-16(22)10-8-15/h7-10,14,17H,2-6,11-13H2,1H3,(H,23,28). The maximum atomic E-state index is 13.2. The highest BCUT2D eigenvalue weighted by molar-refractivity contribution is 6.09. The fourth-order valence-corrected chi connectivity index (χ4v) is 4.96. The van der Waals surface area contributed by atoms with E-state index in [4.69, 9.17) is 0 Å². The van der Waals surface area contributed by atoms with Gasteiger partial charge in [-0.25, -0.2) is 9.18 Å². The van der Waals surface area contributed by atoms with Gasteiger partial charge in [-0.15, -0.1) is 0 Å². The van der Waals surface area contributed by atoms with Crippen LogP contribution in [0.15, 0.2) is 24.3 Å². The lowest BCUT2D eigenvalue weighted by Gasteiger charge is -2.36. The summed E-state index contributed by atoms with van der Waals surface area (Å²) >= 11 is 0. The number of hydrogen-bond donors (Lipinski definition) is 1. The average molecular weight is 387 g/mol. The molecule has 3 unspecified atom stereocenters. The minimum absolute atomic E-state index is 0.0663.